The van der Waals surface area contributed by atoms with E-state index in [4.69, 9.17) is 0 Å². The Balaban J connectivity index is 2.42. The van der Waals surface area contributed by atoms with E-state index in [2.05, 4.69) is 29.5 Å². The van der Waals surface area contributed by atoms with Crippen molar-refractivity contribution in [1.29, 1.82) is 0 Å². The van der Waals surface area contributed by atoms with E-state index < -0.39 is 0 Å². The third kappa shape index (κ3) is 1.99. The lowest BCUT2D eigenvalue weighted by Crippen LogP contribution is -2.08. The summed E-state index contributed by atoms with van der Waals surface area (Å²) in [5.74, 6) is 0. The second kappa shape index (κ2) is 4.94. The van der Waals surface area contributed by atoms with Gasteiger partial charge in [-0.1, -0.05) is 25.1 Å². The number of benzene rings is 1. The lowest BCUT2D eigenvalue weighted by molar-refractivity contribution is 0.779. The van der Waals surface area contributed by atoms with Crippen molar-refractivity contribution < 1.29 is 0 Å². The number of nitrogens with one attached hydrogen (secondary N) is 1. The van der Waals surface area contributed by atoms with Gasteiger partial charge in [0.1, 0.15) is 0 Å². The van der Waals surface area contributed by atoms with Gasteiger partial charge in [-0.25, -0.2) is 4.68 Å². The average molecular weight is 215 g/mol. The number of aromatic nitrogens is 2. The van der Waals surface area contributed by atoms with Crippen molar-refractivity contribution in [1.82, 2.24) is 15.1 Å². The van der Waals surface area contributed by atoms with Crippen LogP contribution in [0.3, 0.4) is 0 Å². The SMILES string of the molecule is CCc1c(CNC)cnn1-c1ccccc1. The first-order valence-electron chi connectivity index (χ1n) is 5.62. The molecule has 0 bridgehead atoms. The van der Waals surface area contributed by atoms with Crippen molar-refractivity contribution in [2.24, 2.45) is 0 Å². The molecular weight excluding hydrogens is 198 g/mol. The molecule has 0 saturated heterocycles. The van der Waals surface area contributed by atoms with Crippen LogP contribution in [0.5, 0.6) is 0 Å². The molecule has 0 aliphatic carbocycles. The molecule has 0 radical (unpaired) electrons. The Kier molecular flexibility index (Phi) is 3.37. The molecule has 1 N–H and O–H groups in total. The molecule has 1 aromatic heterocycles. The molecule has 0 unspecified atom stereocenters. The molecule has 1 heterocycles. The smallest absolute Gasteiger partial charge is 0.0648 e. The van der Waals surface area contributed by atoms with Gasteiger partial charge in [0.15, 0.2) is 0 Å². The zero-order valence-electron chi connectivity index (χ0n) is 9.77. The van der Waals surface area contributed by atoms with E-state index in [1.807, 2.05) is 36.1 Å². The molecule has 16 heavy (non-hydrogen) atoms. The second-order valence-corrected chi connectivity index (χ2v) is 3.75. The molecule has 0 aliphatic rings. The van der Waals surface area contributed by atoms with Gasteiger partial charge in [0.05, 0.1) is 11.9 Å². The molecule has 0 amide bonds. The van der Waals surface area contributed by atoms with Crippen LogP contribution in [0.1, 0.15) is 18.2 Å². The van der Waals surface area contributed by atoms with Gasteiger partial charge >= 0.3 is 0 Å². The van der Waals surface area contributed by atoms with Gasteiger partial charge in [-0.05, 0) is 25.6 Å². The molecule has 1 aromatic carbocycles. The van der Waals surface area contributed by atoms with Crippen LogP contribution in [-0.4, -0.2) is 16.8 Å². The van der Waals surface area contributed by atoms with Crippen LogP contribution in [0.2, 0.25) is 0 Å². The fourth-order valence-electron chi connectivity index (χ4n) is 1.91. The van der Waals surface area contributed by atoms with Gasteiger partial charge in [0, 0.05) is 17.8 Å². The van der Waals surface area contributed by atoms with Crippen LogP contribution in [-0.2, 0) is 13.0 Å². The third-order valence-corrected chi connectivity index (χ3v) is 2.66. The summed E-state index contributed by atoms with van der Waals surface area (Å²) in [7, 11) is 1.96. The van der Waals surface area contributed by atoms with Gasteiger partial charge in [-0.15, -0.1) is 0 Å². The highest BCUT2D eigenvalue weighted by Crippen LogP contribution is 2.15. The van der Waals surface area contributed by atoms with Gasteiger partial charge in [0.25, 0.3) is 0 Å². The van der Waals surface area contributed by atoms with Crippen molar-refractivity contribution in [2.75, 3.05) is 7.05 Å². The number of nitrogens with zero attached hydrogens (tertiary/aromatic N) is 2. The topological polar surface area (TPSA) is 29.9 Å². The van der Waals surface area contributed by atoms with Crippen LogP contribution < -0.4 is 5.32 Å². The fourth-order valence-corrected chi connectivity index (χ4v) is 1.91. The summed E-state index contributed by atoms with van der Waals surface area (Å²) in [5, 5.41) is 7.62. The summed E-state index contributed by atoms with van der Waals surface area (Å²) in [5.41, 5.74) is 3.68. The molecule has 2 aromatic rings. The highest BCUT2D eigenvalue weighted by atomic mass is 15.3. The van der Waals surface area contributed by atoms with Gasteiger partial charge in [-0.2, -0.15) is 5.10 Å². The van der Waals surface area contributed by atoms with Crippen molar-refractivity contribution >= 4 is 0 Å². The normalized spacial score (nSPS) is 10.6. The van der Waals surface area contributed by atoms with Crippen LogP contribution >= 0.6 is 0 Å². The zero-order valence-corrected chi connectivity index (χ0v) is 9.77. The molecule has 0 fully saturated rings. The Morgan fingerprint density at radius 2 is 2.00 bits per heavy atom. The van der Waals surface area contributed by atoms with Crippen LogP contribution in [0.25, 0.3) is 5.69 Å². The van der Waals surface area contributed by atoms with E-state index in [0.29, 0.717) is 0 Å². The minimum absolute atomic E-state index is 0.871. The van der Waals surface area contributed by atoms with Gasteiger partial charge in [-0.3, -0.25) is 0 Å². The first-order chi connectivity index (χ1) is 7.86. The molecule has 0 aliphatic heterocycles. The number of hydrogen-bond acceptors (Lipinski definition) is 2. The predicted octanol–water partition coefficient (Wildman–Crippen LogP) is 2.15. The average Bonchev–Trinajstić information content (AvgIpc) is 2.73. The minimum Gasteiger partial charge on any atom is -0.316 e. The van der Waals surface area contributed by atoms with E-state index in [1.54, 1.807) is 0 Å². The van der Waals surface area contributed by atoms with Gasteiger partial charge in [0.2, 0.25) is 0 Å². The first kappa shape index (κ1) is 10.9. The van der Waals surface area contributed by atoms with E-state index in [0.717, 1.165) is 18.7 Å². The van der Waals surface area contributed by atoms with Crippen molar-refractivity contribution in [2.45, 2.75) is 19.9 Å². The summed E-state index contributed by atoms with van der Waals surface area (Å²) in [6.45, 7) is 3.03. The van der Waals surface area contributed by atoms with Crippen molar-refractivity contribution in [3.63, 3.8) is 0 Å². The molecule has 3 nitrogen and oxygen atoms in total. The van der Waals surface area contributed by atoms with Crippen LogP contribution in [0.4, 0.5) is 0 Å². The lowest BCUT2D eigenvalue weighted by Gasteiger charge is -2.07. The Morgan fingerprint density at radius 3 is 2.62 bits per heavy atom. The Morgan fingerprint density at radius 1 is 1.25 bits per heavy atom. The fraction of sp³-hybridized carbons (Fsp3) is 0.308. The van der Waals surface area contributed by atoms with E-state index >= 15 is 0 Å². The quantitative estimate of drug-likeness (QED) is 0.847. The maximum atomic E-state index is 4.45. The maximum absolute atomic E-state index is 4.45. The van der Waals surface area contributed by atoms with Crippen molar-refractivity contribution in [3.05, 3.63) is 47.8 Å². The highest BCUT2D eigenvalue weighted by Gasteiger charge is 2.09. The first-order valence-corrected chi connectivity index (χ1v) is 5.62. The monoisotopic (exact) mass is 215 g/mol. The Bertz CT molecular complexity index is 445. The largest absolute Gasteiger partial charge is 0.316 e. The number of para-hydroxylation sites is 1. The Hall–Kier alpha value is -1.61. The van der Waals surface area contributed by atoms with Gasteiger partial charge < -0.3 is 5.32 Å². The summed E-state index contributed by atoms with van der Waals surface area (Å²) in [6.07, 6.45) is 2.94. The van der Waals surface area contributed by atoms with Crippen molar-refractivity contribution in [3.8, 4) is 5.69 Å². The molecule has 0 saturated carbocycles. The minimum atomic E-state index is 0.871. The van der Waals surface area contributed by atoms with E-state index in [9.17, 15) is 0 Å². The summed E-state index contributed by atoms with van der Waals surface area (Å²) in [6, 6.07) is 10.3. The summed E-state index contributed by atoms with van der Waals surface area (Å²) < 4.78 is 2.02. The Labute approximate surface area is 96.1 Å². The summed E-state index contributed by atoms with van der Waals surface area (Å²) >= 11 is 0. The standard InChI is InChI=1S/C13H17N3/c1-3-13-11(9-14-2)10-15-16(13)12-7-5-4-6-8-12/h4-8,10,14H,3,9H2,1-2H3. The molecule has 2 rings (SSSR count). The second-order valence-electron chi connectivity index (χ2n) is 3.75. The van der Waals surface area contributed by atoms with E-state index in [1.165, 1.54) is 11.3 Å². The zero-order chi connectivity index (χ0) is 11.4. The molecular formula is C13H17N3. The number of rotatable bonds is 4. The van der Waals surface area contributed by atoms with Crippen LogP contribution in [0.15, 0.2) is 36.5 Å². The molecule has 3 heteroatoms. The highest BCUT2D eigenvalue weighted by molar-refractivity contribution is 5.34. The molecule has 0 atom stereocenters. The van der Waals surface area contributed by atoms with Crippen LogP contribution in [0, 0.1) is 0 Å². The maximum Gasteiger partial charge on any atom is 0.0648 e. The summed E-state index contributed by atoms with van der Waals surface area (Å²) in [4.78, 5) is 0. The predicted molar refractivity (Wildman–Crippen MR) is 65.7 cm³/mol. The number of hydrogen-bond donors (Lipinski definition) is 1. The molecule has 0 spiro atoms. The lowest BCUT2D eigenvalue weighted by atomic mass is 10.2. The molecule has 84 valence electrons. The third-order valence-electron chi connectivity index (χ3n) is 2.66. The van der Waals surface area contributed by atoms with E-state index in [-0.39, 0.29) is 0 Å².